The van der Waals surface area contributed by atoms with Gasteiger partial charge < -0.3 is 0 Å². The Morgan fingerprint density at radius 1 is 0.500 bits per heavy atom. The number of carbonyl (C=O) groups excluding carboxylic acids is 1. The molecule has 180 valence electrons. The van der Waals surface area contributed by atoms with E-state index in [9.17, 15) is 21.6 Å². The summed E-state index contributed by atoms with van der Waals surface area (Å²) in [6.07, 6.45) is 2.97. The Morgan fingerprint density at radius 2 is 0.889 bits per heavy atom. The van der Waals surface area contributed by atoms with Gasteiger partial charge in [0.1, 0.15) is 0 Å². The summed E-state index contributed by atoms with van der Waals surface area (Å²) in [7, 11) is -7.60. The molecule has 0 aliphatic rings. The summed E-state index contributed by atoms with van der Waals surface area (Å²) in [6, 6.07) is 29.4. The fraction of sp³-hybridized carbons (Fsp3) is 0. The number of sulfone groups is 2. The van der Waals surface area contributed by atoms with Gasteiger partial charge >= 0.3 is 0 Å². The summed E-state index contributed by atoms with van der Waals surface area (Å²) in [4.78, 5) is 13.1. The minimum absolute atomic E-state index is 0.0323. The average molecular weight is 515 g/mol. The van der Waals surface area contributed by atoms with Crippen LogP contribution < -0.4 is 0 Å². The maximum atomic E-state index is 13.1. The highest BCUT2D eigenvalue weighted by molar-refractivity contribution is 7.94. The Balaban J connectivity index is 1.59. The molecule has 0 fully saturated rings. The fourth-order valence-corrected chi connectivity index (χ4v) is 5.52. The second-order valence-electron chi connectivity index (χ2n) is 7.90. The molecule has 0 N–H and O–H groups in total. The van der Waals surface area contributed by atoms with Crippen LogP contribution in [-0.4, -0.2) is 22.6 Å². The zero-order valence-corrected chi connectivity index (χ0v) is 20.7. The smallest absolute Gasteiger partial charge is 0.199 e. The molecule has 36 heavy (non-hydrogen) atoms. The fourth-order valence-electron chi connectivity index (χ4n) is 3.42. The molecule has 0 aromatic heterocycles. The second-order valence-corrected chi connectivity index (χ2v) is 11.6. The zero-order chi connectivity index (χ0) is 25.6. The molecule has 0 aliphatic heterocycles. The number of benzene rings is 4. The van der Waals surface area contributed by atoms with Gasteiger partial charge in [-0.2, -0.15) is 0 Å². The molecule has 7 heteroatoms. The number of rotatable bonds is 8. The van der Waals surface area contributed by atoms with Crippen LogP contribution in [0.3, 0.4) is 0 Å². The van der Waals surface area contributed by atoms with Crippen molar-refractivity contribution in [2.24, 2.45) is 0 Å². The van der Waals surface area contributed by atoms with Gasteiger partial charge in [0.2, 0.25) is 0 Å². The van der Waals surface area contributed by atoms with Crippen LogP contribution in [0.15, 0.2) is 130 Å². The topological polar surface area (TPSA) is 85.3 Å². The molecule has 4 rings (SSSR count). The average Bonchev–Trinajstić information content (AvgIpc) is 2.92. The molecular formula is C29H22O5S2. The van der Waals surface area contributed by atoms with E-state index in [2.05, 4.69) is 0 Å². The van der Waals surface area contributed by atoms with Crippen molar-refractivity contribution in [3.8, 4) is 0 Å². The van der Waals surface area contributed by atoms with Gasteiger partial charge in [0.15, 0.2) is 25.5 Å². The number of hydrogen-bond donors (Lipinski definition) is 0. The van der Waals surface area contributed by atoms with E-state index < -0.39 is 25.5 Å². The van der Waals surface area contributed by atoms with Crippen LogP contribution in [0.2, 0.25) is 0 Å². The molecule has 0 amide bonds. The van der Waals surface area contributed by atoms with E-state index in [1.54, 1.807) is 48.5 Å². The normalized spacial score (nSPS) is 12.2. The van der Waals surface area contributed by atoms with E-state index in [1.807, 2.05) is 12.1 Å². The van der Waals surface area contributed by atoms with Crippen molar-refractivity contribution in [1.29, 1.82) is 0 Å². The lowest BCUT2D eigenvalue weighted by Crippen LogP contribution is -2.05. The quantitative estimate of drug-likeness (QED) is 0.277. The van der Waals surface area contributed by atoms with E-state index in [1.165, 1.54) is 60.7 Å². The molecule has 0 saturated heterocycles. The Kier molecular flexibility index (Phi) is 7.43. The van der Waals surface area contributed by atoms with Gasteiger partial charge in [0.25, 0.3) is 0 Å². The van der Waals surface area contributed by atoms with Crippen LogP contribution in [0.4, 0.5) is 0 Å². The van der Waals surface area contributed by atoms with Crippen LogP contribution in [0.5, 0.6) is 0 Å². The van der Waals surface area contributed by atoms with Crippen molar-refractivity contribution in [2.45, 2.75) is 9.79 Å². The van der Waals surface area contributed by atoms with Crippen molar-refractivity contribution in [2.75, 3.05) is 0 Å². The highest BCUT2D eigenvalue weighted by atomic mass is 32.2. The predicted octanol–water partition coefficient (Wildman–Crippen LogP) is 5.81. The summed E-state index contributed by atoms with van der Waals surface area (Å²) in [6.45, 7) is 0. The first-order valence-corrected chi connectivity index (χ1v) is 14.1. The van der Waals surface area contributed by atoms with Crippen LogP contribution in [0.25, 0.3) is 12.2 Å². The Labute approximate surface area is 210 Å². The molecule has 4 aromatic rings. The van der Waals surface area contributed by atoms with Gasteiger partial charge in [0, 0.05) is 21.9 Å². The van der Waals surface area contributed by atoms with Gasteiger partial charge in [0.05, 0.1) is 9.79 Å². The summed E-state index contributed by atoms with van der Waals surface area (Å²) in [5.74, 6) is -0.483. The predicted molar refractivity (Wildman–Crippen MR) is 142 cm³/mol. The Hall–Kier alpha value is -4.07. The molecule has 0 radical (unpaired) electrons. The molecule has 0 unspecified atom stereocenters. The SMILES string of the molecule is O=C(c1cccc(S(=O)(=O)/C=C/c2ccccc2)c1)c1cccc(S(=O)(=O)/C=C/c2ccccc2)c1. The third kappa shape index (κ3) is 6.13. The molecular weight excluding hydrogens is 492 g/mol. The minimum Gasteiger partial charge on any atom is -0.289 e. The van der Waals surface area contributed by atoms with E-state index in [4.69, 9.17) is 0 Å². The van der Waals surface area contributed by atoms with Gasteiger partial charge in [-0.3, -0.25) is 4.79 Å². The van der Waals surface area contributed by atoms with Crippen molar-refractivity contribution in [3.63, 3.8) is 0 Å². The largest absolute Gasteiger partial charge is 0.289 e. The first-order chi connectivity index (χ1) is 17.2. The minimum atomic E-state index is -3.80. The Bertz CT molecular complexity index is 1530. The van der Waals surface area contributed by atoms with E-state index in [-0.39, 0.29) is 20.9 Å². The van der Waals surface area contributed by atoms with Crippen LogP contribution in [0.1, 0.15) is 27.0 Å². The van der Waals surface area contributed by atoms with Gasteiger partial charge in [-0.05, 0) is 47.5 Å². The highest BCUT2D eigenvalue weighted by Crippen LogP contribution is 2.21. The lowest BCUT2D eigenvalue weighted by molar-refractivity contribution is 0.103. The van der Waals surface area contributed by atoms with Crippen LogP contribution in [-0.2, 0) is 19.7 Å². The van der Waals surface area contributed by atoms with Crippen molar-refractivity contribution in [1.82, 2.24) is 0 Å². The summed E-state index contributed by atoms with van der Waals surface area (Å²) >= 11 is 0. The zero-order valence-electron chi connectivity index (χ0n) is 19.1. The molecule has 0 heterocycles. The van der Waals surface area contributed by atoms with Crippen LogP contribution in [0, 0.1) is 0 Å². The summed E-state index contributed by atoms with van der Waals surface area (Å²) in [5.41, 5.74) is 1.73. The number of ketones is 1. The molecule has 5 nitrogen and oxygen atoms in total. The third-order valence-electron chi connectivity index (χ3n) is 5.33. The van der Waals surface area contributed by atoms with Gasteiger partial charge in [-0.15, -0.1) is 0 Å². The molecule has 0 atom stereocenters. The van der Waals surface area contributed by atoms with Crippen molar-refractivity contribution in [3.05, 3.63) is 142 Å². The third-order valence-corrected chi connectivity index (χ3v) is 8.14. The van der Waals surface area contributed by atoms with Crippen LogP contribution >= 0.6 is 0 Å². The van der Waals surface area contributed by atoms with Gasteiger partial charge in [-0.1, -0.05) is 84.9 Å². The maximum Gasteiger partial charge on any atom is 0.199 e. The first-order valence-electron chi connectivity index (χ1n) is 11.0. The maximum absolute atomic E-state index is 13.1. The van der Waals surface area contributed by atoms with Gasteiger partial charge in [-0.25, -0.2) is 16.8 Å². The monoisotopic (exact) mass is 514 g/mol. The van der Waals surface area contributed by atoms with E-state index >= 15 is 0 Å². The highest BCUT2D eigenvalue weighted by Gasteiger charge is 2.17. The number of hydrogen-bond acceptors (Lipinski definition) is 5. The summed E-state index contributed by atoms with van der Waals surface area (Å²) in [5, 5.41) is 2.19. The molecule has 0 bridgehead atoms. The van der Waals surface area contributed by atoms with Crippen molar-refractivity contribution < 1.29 is 21.6 Å². The summed E-state index contributed by atoms with van der Waals surface area (Å²) < 4.78 is 51.2. The van der Waals surface area contributed by atoms with E-state index in [0.29, 0.717) is 0 Å². The molecule has 4 aromatic carbocycles. The number of carbonyl (C=O) groups is 1. The van der Waals surface area contributed by atoms with E-state index in [0.717, 1.165) is 21.9 Å². The molecule has 0 aliphatic carbocycles. The molecule has 0 saturated carbocycles. The Morgan fingerprint density at radius 3 is 1.28 bits per heavy atom. The standard InChI is InChI=1S/C29H22O5S2/c30-29(25-13-7-15-27(21-25)35(31,32)19-17-23-9-3-1-4-10-23)26-14-8-16-28(22-26)36(33,34)20-18-24-11-5-2-6-12-24/h1-22H/b19-17+,20-18+. The lowest BCUT2D eigenvalue weighted by atomic mass is 10.0. The second kappa shape index (κ2) is 10.7. The lowest BCUT2D eigenvalue weighted by Gasteiger charge is -2.06. The molecule has 0 spiro atoms. The van der Waals surface area contributed by atoms with Crippen molar-refractivity contribution >= 4 is 37.6 Å². The first kappa shape index (κ1) is 25.0.